The van der Waals surface area contributed by atoms with Gasteiger partial charge in [0.2, 0.25) is 15.9 Å². The topological polar surface area (TPSA) is 113 Å². The molecule has 2 aliphatic heterocycles. The molecule has 36 heavy (non-hydrogen) atoms. The molecule has 14 heteroatoms. The van der Waals surface area contributed by atoms with Gasteiger partial charge in [-0.05, 0) is 38.7 Å². The number of hydrogen-bond donors (Lipinski definition) is 1. The van der Waals surface area contributed by atoms with Gasteiger partial charge in [0, 0.05) is 43.8 Å². The Kier molecular flexibility index (Phi) is 5.53. The van der Waals surface area contributed by atoms with Crippen LogP contribution in [-0.2, 0) is 14.8 Å². The van der Waals surface area contributed by atoms with Crippen LogP contribution in [0.2, 0.25) is 0 Å². The Morgan fingerprint density at radius 3 is 2.78 bits per heavy atom. The molecular formula is C22H25F2N7O3S2. The molecule has 192 valence electrons. The zero-order chi connectivity index (χ0) is 25.2. The highest BCUT2D eigenvalue weighted by Crippen LogP contribution is 2.38. The fraction of sp³-hybridized carbons (Fsp3) is 0.545. The number of carbonyl (C=O) groups excluding carboxylic acids is 1. The van der Waals surface area contributed by atoms with Crippen molar-refractivity contribution in [3.63, 3.8) is 0 Å². The maximum absolute atomic E-state index is 13.4. The molecule has 1 atom stereocenters. The maximum atomic E-state index is 13.4. The molecule has 3 aliphatic rings. The average molecular weight is 538 g/mol. The first-order valence-electron chi connectivity index (χ1n) is 11.8. The minimum atomic E-state index is -3.87. The number of amides is 1. The number of carbonyl (C=O) groups is 1. The molecule has 2 saturated heterocycles. The summed E-state index contributed by atoms with van der Waals surface area (Å²) in [5, 5.41) is 7.28. The van der Waals surface area contributed by atoms with E-state index >= 15 is 0 Å². The van der Waals surface area contributed by atoms with Crippen molar-refractivity contribution in [3.8, 4) is 10.7 Å². The summed E-state index contributed by atoms with van der Waals surface area (Å²) < 4.78 is 57.4. The second-order valence-electron chi connectivity index (χ2n) is 9.89. The molecule has 3 aromatic heterocycles. The minimum absolute atomic E-state index is 0.0509. The number of anilines is 1. The van der Waals surface area contributed by atoms with E-state index in [9.17, 15) is 22.0 Å². The molecule has 1 amide bonds. The molecule has 6 rings (SSSR count). The van der Waals surface area contributed by atoms with Gasteiger partial charge in [-0.15, -0.1) is 10.2 Å². The lowest BCUT2D eigenvalue weighted by Crippen LogP contribution is -2.57. The average Bonchev–Trinajstić information content (AvgIpc) is 3.23. The first-order valence-corrected chi connectivity index (χ1v) is 14.1. The number of hydrogen-bond acceptors (Lipinski definition) is 8. The summed E-state index contributed by atoms with van der Waals surface area (Å²) in [5.41, 5.74) is 1.02. The maximum Gasteiger partial charge on any atom is 0.291 e. The summed E-state index contributed by atoms with van der Waals surface area (Å²) in [6.45, 7) is 3.50. The highest BCUT2D eigenvalue weighted by molar-refractivity contribution is 7.89. The van der Waals surface area contributed by atoms with E-state index in [1.807, 2.05) is 11.8 Å². The van der Waals surface area contributed by atoms with Crippen LogP contribution in [0.25, 0.3) is 16.3 Å². The summed E-state index contributed by atoms with van der Waals surface area (Å²) in [5.74, 6) is 0.156. The predicted octanol–water partition coefficient (Wildman–Crippen LogP) is 2.82. The van der Waals surface area contributed by atoms with Gasteiger partial charge in [0.15, 0.2) is 15.7 Å². The third-order valence-electron chi connectivity index (χ3n) is 7.17. The van der Waals surface area contributed by atoms with Crippen LogP contribution in [0.5, 0.6) is 0 Å². The summed E-state index contributed by atoms with van der Waals surface area (Å²) in [6, 6.07) is 1.67. The molecule has 10 nitrogen and oxygen atoms in total. The van der Waals surface area contributed by atoms with Crippen molar-refractivity contribution in [1.82, 2.24) is 29.2 Å². The Bertz CT molecular complexity index is 1450. The van der Waals surface area contributed by atoms with Crippen LogP contribution in [0, 0.1) is 0 Å². The largest absolute Gasteiger partial charge is 0.365 e. The van der Waals surface area contributed by atoms with Crippen molar-refractivity contribution < 1.29 is 22.0 Å². The zero-order valence-electron chi connectivity index (χ0n) is 19.5. The van der Waals surface area contributed by atoms with Gasteiger partial charge in [0.1, 0.15) is 10.6 Å². The summed E-state index contributed by atoms with van der Waals surface area (Å²) >= 11 is 0.748. The van der Waals surface area contributed by atoms with Gasteiger partial charge in [0.05, 0.1) is 11.9 Å². The first kappa shape index (κ1) is 23.7. The summed E-state index contributed by atoms with van der Waals surface area (Å²) in [7, 11) is -3.87. The van der Waals surface area contributed by atoms with Crippen LogP contribution in [0.15, 0.2) is 23.4 Å². The van der Waals surface area contributed by atoms with Gasteiger partial charge < -0.3 is 9.80 Å². The number of alkyl halides is 2. The molecule has 1 aliphatic carbocycles. The standard InChI is InChI=1S/C22H25F2N7O3S2/c1-22(5-6-22)28-36(33,34)14-9-15(29-7-8-30-13(11-29)3-2-4-17(30)32)19-25-10-16(31(19)12-14)20-26-27-21(35-20)18(23)24/h9-10,12-13,18,28H,2-8,11H2,1H3. The second-order valence-corrected chi connectivity index (χ2v) is 12.6. The SMILES string of the molecule is CC1(NS(=O)(=O)c2cc(N3CCN4C(=O)CCCC4C3)c3ncc(-c4nnc(C(F)F)s4)n3c2)CC1. The minimum Gasteiger partial charge on any atom is -0.365 e. The number of rotatable bonds is 6. The van der Waals surface area contributed by atoms with E-state index in [-0.39, 0.29) is 21.9 Å². The van der Waals surface area contributed by atoms with Gasteiger partial charge in [-0.1, -0.05) is 11.3 Å². The lowest BCUT2D eigenvalue weighted by Gasteiger charge is -2.44. The lowest BCUT2D eigenvalue weighted by atomic mass is 9.98. The number of nitrogens with zero attached hydrogens (tertiary/aromatic N) is 6. The Morgan fingerprint density at radius 1 is 1.25 bits per heavy atom. The fourth-order valence-corrected chi connectivity index (χ4v) is 7.15. The van der Waals surface area contributed by atoms with Crippen molar-refractivity contribution in [2.45, 2.75) is 61.9 Å². The van der Waals surface area contributed by atoms with E-state index in [0.717, 1.165) is 37.0 Å². The van der Waals surface area contributed by atoms with Crippen LogP contribution in [-0.4, -0.2) is 70.0 Å². The number of piperazine rings is 1. The number of halogens is 2. The predicted molar refractivity (Wildman–Crippen MR) is 129 cm³/mol. The van der Waals surface area contributed by atoms with Crippen LogP contribution in [0.4, 0.5) is 14.5 Å². The van der Waals surface area contributed by atoms with E-state index in [0.29, 0.717) is 43.1 Å². The number of fused-ring (bicyclic) bond motifs is 2. The highest BCUT2D eigenvalue weighted by Gasteiger charge is 2.42. The molecule has 0 spiro atoms. The molecule has 3 aromatic rings. The van der Waals surface area contributed by atoms with Gasteiger partial charge in [-0.2, -0.15) is 0 Å². The quantitative estimate of drug-likeness (QED) is 0.515. The molecule has 1 unspecified atom stereocenters. The number of imidazole rings is 1. The van der Waals surface area contributed by atoms with Crippen LogP contribution < -0.4 is 9.62 Å². The van der Waals surface area contributed by atoms with E-state index < -0.39 is 27.0 Å². The molecule has 1 saturated carbocycles. The van der Waals surface area contributed by atoms with E-state index in [4.69, 9.17) is 0 Å². The molecule has 1 N–H and O–H groups in total. The monoisotopic (exact) mass is 537 g/mol. The Balaban J connectivity index is 1.45. The molecule has 0 radical (unpaired) electrons. The number of aromatic nitrogens is 4. The molecular weight excluding hydrogens is 512 g/mol. The Hall–Kier alpha value is -2.71. The van der Waals surface area contributed by atoms with Crippen molar-refractivity contribution in [2.24, 2.45) is 0 Å². The molecule has 3 fully saturated rings. The summed E-state index contributed by atoms with van der Waals surface area (Å²) in [4.78, 5) is 20.9. The molecule has 0 bridgehead atoms. The van der Waals surface area contributed by atoms with Crippen LogP contribution >= 0.6 is 11.3 Å². The van der Waals surface area contributed by atoms with Gasteiger partial charge in [-0.25, -0.2) is 26.9 Å². The number of piperidine rings is 1. The van der Waals surface area contributed by atoms with Crippen molar-refractivity contribution in [3.05, 3.63) is 23.5 Å². The summed E-state index contributed by atoms with van der Waals surface area (Å²) in [6.07, 6.45) is 4.01. The van der Waals surface area contributed by atoms with Gasteiger partial charge in [0.25, 0.3) is 6.43 Å². The van der Waals surface area contributed by atoms with E-state index in [2.05, 4.69) is 24.8 Å². The van der Waals surface area contributed by atoms with Gasteiger partial charge in [-0.3, -0.25) is 9.20 Å². The fourth-order valence-electron chi connectivity index (χ4n) is 4.96. The first-order chi connectivity index (χ1) is 17.1. The van der Waals surface area contributed by atoms with Crippen LogP contribution in [0.1, 0.15) is 50.5 Å². The van der Waals surface area contributed by atoms with Gasteiger partial charge >= 0.3 is 0 Å². The van der Waals surface area contributed by atoms with E-state index in [1.54, 1.807) is 10.5 Å². The van der Waals surface area contributed by atoms with E-state index in [1.165, 1.54) is 12.4 Å². The Morgan fingerprint density at radius 2 is 2.06 bits per heavy atom. The van der Waals surface area contributed by atoms with Crippen molar-refractivity contribution in [1.29, 1.82) is 0 Å². The highest BCUT2D eigenvalue weighted by atomic mass is 32.2. The molecule has 0 aromatic carbocycles. The Labute approximate surface area is 210 Å². The zero-order valence-corrected chi connectivity index (χ0v) is 21.2. The molecule has 5 heterocycles. The third kappa shape index (κ3) is 4.14. The lowest BCUT2D eigenvalue weighted by molar-refractivity contribution is -0.136. The number of nitrogens with one attached hydrogen (secondary N) is 1. The normalized spacial score (nSPS) is 21.9. The smallest absolute Gasteiger partial charge is 0.291 e. The number of pyridine rings is 1. The second kappa shape index (κ2) is 8.42. The van der Waals surface area contributed by atoms with Crippen molar-refractivity contribution >= 4 is 38.6 Å². The van der Waals surface area contributed by atoms with Crippen LogP contribution in [0.3, 0.4) is 0 Å². The number of sulfonamides is 1. The van der Waals surface area contributed by atoms with Crippen molar-refractivity contribution in [2.75, 3.05) is 24.5 Å². The third-order valence-corrected chi connectivity index (χ3v) is 9.73.